The molecule has 2 rings (SSSR count). The first-order valence-corrected chi connectivity index (χ1v) is 7.14. The zero-order valence-corrected chi connectivity index (χ0v) is 12.8. The van der Waals surface area contributed by atoms with Gasteiger partial charge in [0.15, 0.2) is 0 Å². The number of nitrogens with zero attached hydrogens (tertiary/aromatic N) is 2. The monoisotopic (exact) mass is 329 g/mol. The molecule has 1 atom stereocenters. The van der Waals surface area contributed by atoms with Crippen molar-refractivity contribution in [2.75, 3.05) is 18.5 Å². The number of nitriles is 1. The summed E-state index contributed by atoms with van der Waals surface area (Å²) in [7, 11) is 1.97. The minimum absolute atomic E-state index is 0.0394. The Kier molecular flexibility index (Phi) is 4.78. The molecule has 4 heteroatoms. The van der Waals surface area contributed by atoms with Crippen molar-refractivity contribution in [2.45, 2.75) is 6.04 Å². The number of para-hydroxylation sites is 1. The third-order valence-corrected chi connectivity index (χ3v) is 3.88. The fraction of sp³-hybridized carbons (Fsp3) is 0.188. The maximum atomic E-state index is 9.21. The van der Waals surface area contributed by atoms with Crippen molar-refractivity contribution in [3.05, 3.63) is 64.1 Å². The molecule has 102 valence electrons. The third kappa shape index (κ3) is 3.01. The van der Waals surface area contributed by atoms with Crippen LogP contribution in [-0.2, 0) is 0 Å². The Bertz CT molecular complexity index is 616. The number of benzene rings is 2. The van der Waals surface area contributed by atoms with Crippen LogP contribution < -0.4 is 10.6 Å². The van der Waals surface area contributed by atoms with Gasteiger partial charge in [-0.3, -0.25) is 0 Å². The van der Waals surface area contributed by atoms with E-state index in [1.165, 1.54) is 0 Å². The Labute approximate surface area is 127 Å². The molecule has 0 spiro atoms. The van der Waals surface area contributed by atoms with Gasteiger partial charge in [0.25, 0.3) is 0 Å². The molecule has 0 aliphatic rings. The van der Waals surface area contributed by atoms with Crippen LogP contribution >= 0.6 is 15.9 Å². The van der Waals surface area contributed by atoms with E-state index in [0.29, 0.717) is 12.1 Å². The lowest BCUT2D eigenvalue weighted by Gasteiger charge is -2.30. The molecule has 0 aliphatic carbocycles. The molecule has 2 N–H and O–H groups in total. The standard InChI is InChI=1S/C16H16BrN3/c1-20(15-5-3-2-4-13(15)10-18)16(11-19)12-6-8-14(17)9-7-12/h2-9,16H,11,19H2,1H3. The van der Waals surface area contributed by atoms with Crippen LogP contribution in [0.3, 0.4) is 0 Å². The van der Waals surface area contributed by atoms with E-state index >= 15 is 0 Å². The van der Waals surface area contributed by atoms with E-state index in [-0.39, 0.29) is 6.04 Å². The summed E-state index contributed by atoms with van der Waals surface area (Å²) in [5.74, 6) is 0. The van der Waals surface area contributed by atoms with Gasteiger partial charge in [-0.25, -0.2) is 0 Å². The van der Waals surface area contributed by atoms with E-state index in [4.69, 9.17) is 5.73 Å². The van der Waals surface area contributed by atoms with E-state index in [1.807, 2.05) is 55.6 Å². The molecule has 2 aromatic rings. The van der Waals surface area contributed by atoms with Gasteiger partial charge in [-0.2, -0.15) is 5.26 Å². The van der Waals surface area contributed by atoms with Crippen molar-refractivity contribution in [2.24, 2.45) is 5.73 Å². The molecule has 1 unspecified atom stereocenters. The van der Waals surface area contributed by atoms with Gasteiger partial charge in [-0.15, -0.1) is 0 Å². The van der Waals surface area contributed by atoms with Gasteiger partial charge in [0.1, 0.15) is 6.07 Å². The van der Waals surface area contributed by atoms with Crippen LogP contribution in [0.4, 0.5) is 5.69 Å². The van der Waals surface area contributed by atoms with Gasteiger partial charge in [0, 0.05) is 18.1 Å². The summed E-state index contributed by atoms with van der Waals surface area (Å²) in [6.45, 7) is 0.484. The number of likely N-dealkylation sites (N-methyl/N-ethyl adjacent to an activating group) is 1. The van der Waals surface area contributed by atoms with Gasteiger partial charge >= 0.3 is 0 Å². The summed E-state index contributed by atoms with van der Waals surface area (Å²) in [5, 5.41) is 9.21. The fourth-order valence-electron chi connectivity index (χ4n) is 2.25. The van der Waals surface area contributed by atoms with E-state index in [0.717, 1.165) is 15.7 Å². The maximum Gasteiger partial charge on any atom is 0.101 e. The first-order valence-electron chi connectivity index (χ1n) is 6.35. The summed E-state index contributed by atoms with van der Waals surface area (Å²) < 4.78 is 1.04. The number of hydrogen-bond donors (Lipinski definition) is 1. The highest BCUT2D eigenvalue weighted by molar-refractivity contribution is 9.10. The van der Waals surface area contributed by atoms with Crippen molar-refractivity contribution < 1.29 is 0 Å². The number of anilines is 1. The predicted octanol–water partition coefficient (Wildman–Crippen LogP) is 3.46. The molecule has 2 aromatic carbocycles. The van der Waals surface area contributed by atoms with Crippen LogP contribution in [0.2, 0.25) is 0 Å². The molecule has 0 fully saturated rings. The molecular formula is C16H16BrN3. The van der Waals surface area contributed by atoms with Gasteiger partial charge in [0.2, 0.25) is 0 Å². The smallest absolute Gasteiger partial charge is 0.101 e. The Morgan fingerprint density at radius 1 is 1.20 bits per heavy atom. The van der Waals surface area contributed by atoms with Crippen LogP contribution in [0.15, 0.2) is 53.0 Å². The second-order valence-electron chi connectivity index (χ2n) is 4.54. The molecule has 0 saturated carbocycles. The highest BCUT2D eigenvalue weighted by Gasteiger charge is 2.18. The second kappa shape index (κ2) is 6.56. The second-order valence-corrected chi connectivity index (χ2v) is 5.46. The van der Waals surface area contributed by atoms with Gasteiger partial charge in [-0.05, 0) is 29.8 Å². The normalized spacial score (nSPS) is 11.7. The zero-order chi connectivity index (χ0) is 14.5. The summed E-state index contributed by atoms with van der Waals surface area (Å²) in [4.78, 5) is 2.06. The van der Waals surface area contributed by atoms with Crippen molar-refractivity contribution in [3.63, 3.8) is 0 Å². The molecule has 0 saturated heterocycles. The molecule has 0 heterocycles. The number of halogens is 1. The lowest BCUT2D eigenvalue weighted by molar-refractivity contribution is 0.680. The maximum absolute atomic E-state index is 9.21. The first-order chi connectivity index (χ1) is 9.67. The van der Waals surface area contributed by atoms with Crippen molar-refractivity contribution in [1.82, 2.24) is 0 Å². The van der Waals surface area contributed by atoms with Gasteiger partial charge < -0.3 is 10.6 Å². The van der Waals surface area contributed by atoms with Gasteiger partial charge in [-0.1, -0.05) is 40.2 Å². The van der Waals surface area contributed by atoms with Crippen molar-refractivity contribution >= 4 is 21.6 Å². The largest absolute Gasteiger partial charge is 0.365 e. The molecule has 0 bridgehead atoms. The SMILES string of the molecule is CN(c1ccccc1C#N)C(CN)c1ccc(Br)cc1. The van der Waals surface area contributed by atoms with E-state index in [2.05, 4.69) is 26.9 Å². The van der Waals surface area contributed by atoms with E-state index < -0.39 is 0 Å². The van der Waals surface area contributed by atoms with Crippen LogP contribution in [0.25, 0.3) is 0 Å². The predicted molar refractivity (Wildman–Crippen MR) is 85.5 cm³/mol. The summed E-state index contributed by atoms with van der Waals surface area (Å²) >= 11 is 3.43. The van der Waals surface area contributed by atoms with Crippen molar-refractivity contribution in [3.8, 4) is 6.07 Å². The van der Waals surface area contributed by atoms with E-state index in [1.54, 1.807) is 0 Å². The minimum Gasteiger partial charge on any atom is -0.365 e. The Morgan fingerprint density at radius 3 is 2.45 bits per heavy atom. The lowest BCUT2D eigenvalue weighted by Crippen LogP contribution is -2.30. The first kappa shape index (κ1) is 14.6. The highest BCUT2D eigenvalue weighted by Crippen LogP contribution is 2.28. The van der Waals surface area contributed by atoms with E-state index in [9.17, 15) is 5.26 Å². The fourth-order valence-corrected chi connectivity index (χ4v) is 2.51. The zero-order valence-electron chi connectivity index (χ0n) is 11.3. The Hall–Kier alpha value is -1.83. The quantitative estimate of drug-likeness (QED) is 0.934. The van der Waals surface area contributed by atoms with Crippen LogP contribution in [0.5, 0.6) is 0 Å². The summed E-state index contributed by atoms with van der Waals surface area (Å²) in [5.41, 5.74) is 8.62. The Balaban J connectivity index is 2.36. The molecule has 0 amide bonds. The van der Waals surface area contributed by atoms with Crippen molar-refractivity contribution in [1.29, 1.82) is 5.26 Å². The molecule has 0 aliphatic heterocycles. The minimum atomic E-state index is 0.0394. The van der Waals surface area contributed by atoms with Gasteiger partial charge in [0.05, 0.1) is 17.3 Å². The summed E-state index contributed by atoms with van der Waals surface area (Å²) in [6, 6.07) is 17.9. The highest BCUT2D eigenvalue weighted by atomic mass is 79.9. The molecular weight excluding hydrogens is 314 g/mol. The average Bonchev–Trinajstić information content (AvgIpc) is 2.49. The number of rotatable bonds is 4. The molecule has 20 heavy (non-hydrogen) atoms. The topological polar surface area (TPSA) is 53.0 Å². The van der Waals surface area contributed by atoms with Crippen LogP contribution in [0, 0.1) is 11.3 Å². The lowest BCUT2D eigenvalue weighted by atomic mass is 10.0. The summed E-state index contributed by atoms with van der Waals surface area (Å²) in [6.07, 6.45) is 0. The number of nitrogens with two attached hydrogens (primary N) is 1. The third-order valence-electron chi connectivity index (χ3n) is 3.35. The van der Waals surface area contributed by atoms with Crippen LogP contribution in [0.1, 0.15) is 17.2 Å². The van der Waals surface area contributed by atoms with Crippen LogP contribution in [-0.4, -0.2) is 13.6 Å². The molecule has 0 radical (unpaired) electrons. The number of hydrogen-bond acceptors (Lipinski definition) is 3. The molecule has 3 nitrogen and oxygen atoms in total. The Morgan fingerprint density at radius 2 is 1.85 bits per heavy atom. The molecule has 0 aromatic heterocycles. The average molecular weight is 330 g/mol.